The molecule has 1 amide bonds. The van der Waals surface area contributed by atoms with Gasteiger partial charge in [0.1, 0.15) is 6.61 Å². The first-order chi connectivity index (χ1) is 11.5. The normalized spacial score (nSPS) is 10.5. The van der Waals surface area contributed by atoms with E-state index in [1.807, 2.05) is 32.0 Å². The molecular weight excluding hydrogens is 440 g/mol. The second-order valence-corrected chi connectivity index (χ2v) is 7.18. The number of benzene rings is 2. The number of ether oxygens (including phenoxy) is 1. The van der Waals surface area contributed by atoms with E-state index >= 15 is 0 Å². The van der Waals surface area contributed by atoms with Crippen molar-refractivity contribution >= 4 is 45.3 Å². The fraction of sp³-hybridized carbons (Fsp3) is 0.278. The quantitative estimate of drug-likeness (QED) is 0.577. The molecule has 3 nitrogen and oxygen atoms in total. The standard InChI is InChI=1S/C18H19FINO2S/c1-4-12-9-14(19)17(8-11(12)2)23-10-13-15(20)6-5-7-16(13)21-18(22)24-3/h5-9H,4,10H2,1-3H3,(H,21,22). The van der Waals surface area contributed by atoms with E-state index < -0.39 is 0 Å². The topological polar surface area (TPSA) is 38.3 Å². The Bertz CT molecular complexity index is 752. The van der Waals surface area contributed by atoms with Crippen LogP contribution in [0.4, 0.5) is 14.9 Å². The van der Waals surface area contributed by atoms with Crippen LogP contribution in [0.3, 0.4) is 0 Å². The minimum absolute atomic E-state index is 0.146. The summed E-state index contributed by atoms with van der Waals surface area (Å²) < 4.78 is 20.8. The molecule has 0 fully saturated rings. The van der Waals surface area contributed by atoms with Crippen molar-refractivity contribution < 1.29 is 13.9 Å². The van der Waals surface area contributed by atoms with Crippen molar-refractivity contribution in [3.63, 3.8) is 0 Å². The van der Waals surface area contributed by atoms with E-state index in [4.69, 9.17) is 4.74 Å². The molecule has 0 aliphatic carbocycles. The molecule has 0 saturated carbocycles. The molecule has 0 radical (unpaired) electrons. The van der Waals surface area contributed by atoms with E-state index in [9.17, 15) is 9.18 Å². The van der Waals surface area contributed by atoms with E-state index in [0.29, 0.717) is 5.69 Å². The second-order valence-electron chi connectivity index (χ2n) is 5.23. The van der Waals surface area contributed by atoms with Gasteiger partial charge in [0.2, 0.25) is 0 Å². The first kappa shape index (κ1) is 19.1. The van der Waals surface area contributed by atoms with Gasteiger partial charge in [0.25, 0.3) is 5.24 Å². The molecular formula is C18H19FINO2S. The van der Waals surface area contributed by atoms with Gasteiger partial charge in [-0.05, 0) is 77.6 Å². The van der Waals surface area contributed by atoms with Crippen LogP contribution >= 0.6 is 34.4 Å². The minimum Gasteiger partial charge on any atom is -0.486 e. The molecule has 2 aromatic rings. The summed E-state index contributed by atoms with van der Waals surface area (Å²) in [5.74, 6) is -0.135. The number of aryl methyl sites for hydroxylation is 2. The number of nitrogens with one attached hydrogen (secondary N) is 1. The number of rotatable bonds is 5. The zero-order chi connectivity index (χ0) is 17.7. The number of hydrogen-bond donors (Lipinski definition) is 1. The Hall–Kier alpha value is -1.28. The number of halogens is 2. The van der Waals surface area contributed by atoms with Crippen LogP contribution in [0, 0.1) is 16.3 Å². The average molecular weight is 459 g/mol. The molecule has 0 bridgehead atoms. The molecule has 0 spiro atoms. The Labute approximate surface area is 159 Å². The lowest BCUT2D eigenvalue weighted by Gasteiger charge is -2.15. The molecule has 0 atom stereocenters. The predicted octanol–water partition coefficient (Wildman–Crippen LogP) is 5.78. The Morgan fingerprint density at radius 2 is 2.12 bits per heavy atom. The van der Waals surface area contributed by atoms with Crippen LogP contribution in [0.1, 0.15) is 23.6 Å². The van der Waals surface area contributed by atoms with Crippen LogP contribution in [0.25, 0.3) is 0 Å². The molecule has 1 N–H and O–H groups in total. The third-order valence-corrected chi connectivity index (χ3v) is 5.17. The monoisotopic (exact) mass is 459 g/mol. The highest BCUT2D eigenvalue weighted by atomic mass is 127. The summed E-state index contributed by atoms with van der Waals surface area (Å²) in [5.41, 5.74) is 3.50. The SMILES string of the molecule is CCc1cc(F)c(OCc2c(I)cccc2NC(=O)SC)cc1C. The van der Waals surface area contributed by atoms with Gasteiger partial charge in [-0.2, -0.15) is 0 Å². The van der Waals surface area contributed by atoms with Gasteiger partial charge in [0.05, 0.1) is 0 Å². The molecule has 6 heteroatoms. The Morgan fingerprint density at radius 3 is 2.79 bits per heavy atom. The third kappa shape index (κ3) is 4.63. The van der Waals surface area contributed by atoms with Crippen molar-refractivity contribution in [1.82, 2.24) is 0 Å². The van der Waals surface area contributed by atoms with E-state index in [1.165, 1.54) is 6.07 Å². The number of thioether (sulfide) groups is 1. The molecule has 2 aromatic carbocycles. The van der Waals surface area contributed by atoms with Crippen LogP contribution in [-0.2, 0) is 13.0 Å². The number of hydrogen-bond acceptors (Lipinski definition) is 3. The summed E-state index contributed by atoms with van der Waals surface area (Å²) in [6.07, 6.45) is 2.50. The van der Waals surface area contributed by atoms with Crippen molar-refractivity contribution in [1.29, 1.82) is 0 Å². The predicted molar refractivity (Wildman–Crippen MR) is 107 cm³/mol. The van der Waals surface area contributed by atoms with E-state index in [0.717, 1.165) is 38.4 Å². The minimum atomic E-state index is -0.363. The highest BCUT2D eigenvalue weighted by Crippen LogP contribution is 2.27. The molecule has 0 aliphatic rings. The van der Waals surface area contributed by atoms with E-state index in [1.54, 1.807) is 12.3 Å². The number of carbonyl (C=O) groups is 1. The van der Waals surface area contributed by atoms with Crippen LogP contribution in [-0.4, -0.2) is 11.5 Å². The molecule has 2 rings (SSSR count). The van der Waals surface area contributed by atoms with Crippen molar-refractivity contribution in [2.45, 2.75) is 26.9 Å². The zero-order valence-corrected chi connectivity index (χ0v) is 16.8. The lowest BCUT2D eigenvalue weighted by atomic mass is 10.1. The van der Waals surface area contributed by atoms with Gasteiger partial charge in [0, 0.05) is 14.8 Å². The summed E-state index contributed by atoms with van der Waals surface area (Å²) in [4.78, 5) is 11.6. The average Bonchev–Trinajstić information content (AvgIpc) is 2.56. The van der Waals surface area contributed by atoms with Gasteiger partial charge >= 0.3 is 0 Å². The van der Waals surface area contributed by atoms with Crippen molar-refractivity contribution in [2.75, 3.05) is 11.6 Å². The lowest BCUT2D eigenvalue weighted by molar-refractivity contribution is 0.269. The Morgan fingerprint density at radius 1 is 1.38 bits per heavy atom. The maximum atomic E-state index is 14.2. The van der Waals surface area contributed by atoms with Gasteiger partial charge in [-0.15, -0.1) is 0 Å². The van der Waals surface area contributed by atoms with Crippen LogP contribution in [0.15, 0.2) is 30.3 Å². The van der Waals surface area contributed by atoms with Gasteiger partial charge in [-0.25, -0.2) is 4.39 Å². The second kappa shape index (κ2) is 8.71. The zero-order valence-electron chi connectivity index (χ0n) is 13.8. The van der Waals surface area contributed by atoms with Gasteiger partial charge in [-0.3, -0.25) is 4.79 Å². The lowest BCUT2D eigenvalue weighted by Crippen LogP contribution is -2.10. The molecule has 128 valence electrons. The van der Waals surface area contributed by atoms with Crippen LogP contribution in [0.5, 0.6) is 5.75 Å². The third-order valence-electron chi connectivity index (χ3n) is 3.68. The summed E-state index contributed by atoms with van der Waals surface area (Å²) in [6, 6.07) is 8.86. The van der Waals surface area contributed by atoms with Crippen molar-refractivity contribution in [3.8, 4) is 5.75 Å². The highest BCUT2D eigenvalue weighted by molar-refractivity contribution is 14.1. The summed E-state index contributed by atoms with van der Waals surface area (Å²) in [7, 11) is 0. The smallest absolute Gasteiger partial charge is 0.283 e. The van der Waals surface area contributed by atoms with Crippen LogP contribution in [0.2, 0.25) is 0 Å². The molecule has 0 aromatic heterocycles. The summed E-state index contributed by atoms with van der Waals surface area (Å²) in [6.45, 7) is 4.13. The molecule has 0 aliphatic heterocycles. The first-order valence-electron chi connectivity index (χ1n) is 7.50. The number of amides is 1. The van der Waals surface area contributed by atoms with E-state index in [2.05, 4.69) is 27.9 Å². The Kier molecular flexibility index (Phi) is 6.91. The maximum Gasteiger partial charge on any atom is 0.283 e. The fourth-order valence-electron chi connectivity index (χ4n) is 2.32. The fourth-order valence-corrected chi connectivity index (χ4v) is 3.19. The van der Waals surface area contributed by atoms with Crippen molar-refractivity contribution in [3.05, 3.63) is 56.4 Å². The largest absolute Gasteiger partial charge is 0.486 e. The van der Waals surface area contributed by atoms with Gasteiger partial charge < -0.3 is 10.1 Å². The summed E-state index contributed by atoms with van der Waals surface area (Å²) in [5, 5.41) is 2.68. The highest BCUT2D eigenvalue weighted by Gasteiger charge is 2.13. The molecule has 24 heavy (non-hydrogen) atoms. The van der Waals surface area contributed by atoms with Gasteiger partial charge in [-0.1, -0.05) is 24.8 Å². The van der Waals surface area contributed by atoms with E-state index in [-0.39, 0.29) is 23.4 Å². The number of anilines is 1. The Balaban J connectivity index is 2.23. The molecule has 0 unspecified atom stereocenters. The first-order valence-corrected chi connectivity index (χ1v) is 9.80. The molecule has 0 heterocycles. The maximum absolute atomic E-state index is 14.2. The summed E-state index contributed by atoms with van der Waals surface area (Å²) >= 11 is 3.29. The van der Waals surface area contributed by atoms with Crippen molar-refractivity contribution in [2.24, 2.45) is 0 Å². The van der Waals surface area contributed by atoms with Crippen LogP contribution < -0.4 is 10.1 Å². The number of carbonyl (C=O) groups excluding carboxylic acids is 1. The molecule has 0 saturated heterocycles. The van der Waals surface area contributed by atoms with Gasteiger partial charge in [0.15, 0.2) is 11.6 Å².